The Morgan fingerprint density at radius 2 is 1.52 bits per heavy atom. The van der Waals surface area contributed by atoms with Crippen molar-refractivity contribution >= 4 is 47.0 Å². The summed E-state index contributed by atoms with van der Waals surface area (Å²) in [7, 11) is 2.97. The molecule has 2 amide bonds. The molecule has 2 N–H and O–H groups in total. The fraction of sp³-hybridized carbons (Fsp3) is 0.0606. The number of rotatable bonds is 10. The lowest BCUT2D eigenvalue weighted by Gasteiger charge is -2.14. The van der Waals surface area contributed by atoms with Gasteiger partial charge in [-0.3, -0.25) is 14.4 Å². The van der Waals surface area contributed by atoms with Gasteiger partial charge in [0.05, 0.1) is 19.2 Å². The van der Waals surface area contributed by atoms with Gasteiger partial charge in [-0.25, -0.2) is 4.39 Å². The fourth-order valence-electron chi connectivity index (χ4n) is 3.96. The molecule has 0 aromatic heterocycles. The first-order chi connectivity index (χ1) is 20.3. The Labute approximate surface area is 247 Å². The number of ketones is 1. The number of nitrogens with one attached hydrogen (secondary N) is 2. The molecule has 0 heterocycles. The van der Waals surface area contributed by atoms with E-state index in [9.17, 15) is 18.8 Å². The van der Waals surface area contributed by atoms with Crippen molar-refractivity contribution in [2.45, 2.75) is 0 Å². The number of amides is 2. The van der Waals surface area contributed by atoms with E-state index in [1.165, 1.54) is 74.9 Å². The average molecular weight is 585 g/mol. The van der Waals surface area contributed by atoms with Crippen LogP contribution in [0, 0.1) is 5.82 Å². The zero-order valence-corrected chi connectivity index (χ0v) is 23.4. The maximum atomic E-state index is 14.0. The van der Waals surface area contributed by atoms with Gasteiger partial charge in [0, 0.05) is 27.9 Å². The number of para-hydroxylation sites is 1. The Hall–Kier alpha value is -5.21. The van der Waals surface area contributed by atoms with Crippen molar-refractivity contribution in [1.82, 2.24) is 5.32 Å². The number of anilines is 1. The van der Waals surface area contributed by atoms with Crippen LogP contribution in [-0.2, 0) is 4.79 Å². The highest BCUT2D eigenvalue weighted by molar-refractivity contribution is 6.32. The van der Waals surface area contributed by atoms with Crippen LogP contribution < -0.4 is 20.1 Å². The second kappa shape index (κ2) is 13.9. The molecule has 0 fully saturated rings. The van der Waals surface area contributed by atoms with Crippen molar-refractivity contribution in [1.29, 1.82) is 0 Å². The molecule has 0 aliphatic rings. The Morgan fingerprint density at radius 1 is 0.810 bits per heavy atom. The Kier molecular flexibility index (Phi) is 9.86. The van der Waals surface area contributed by atoms with Crippen LogP contribution >= 0.6 is 11.6 Å². The van der Waals surface area contributed by atoms with Crippen molar-refractivity contribution in [3.8, 4) is 11.5 Å². The molecule has 0 unspecified atom stereocenters. The summed E-state index contributed by atoms with van der Waals surface area (Å²) in [6.45, 7) is 0. The number of halogens is 2. The van der Waals surface area contributed by atoms with E-state index in [-0.39, 0.29) is 22.1 Å². The highest BCUT2D eigenvalue weighted by Gasteiger charge is 2.17. The minimum Gasteiger partial charge on any atom is -0.493 e. The normalized spacial score (nSPS) is 11.2. The van der Waals surface area contributed by atoms with Crippen LogP contribution in [0.1, 0.15) is 31.8 Å². The number of benzene rings is 4. The summed E-state index contributed by atoms with van der Waals surface area (Å²) < 4.78 is 24.8. The van der Waals surface area contributed by atoms with E-state index in [4.69, 9.17) is 21.1 Å². The van der Waals surface area contributed by atoms with Crippen molar-refractivity contribution in [2.24, 2.45) is 0 Å². The molecule has 0 saturated heterocycles. The zero-order chi connectivity index (χ0) is 30.1. The highest BCUT2D eigenvalue weighted by Crippen LogP contribution is 2.32. The lowest BCUT2D eigenvalue weighted by atomic mass is 10.1. The first-order valence-electron chi connectivity index (χ1n) is 12.7. The van der Waals surface area contributed by atoms with Gasteiger partial charge in [-0.2, -0.15) is 0 Å². The molecule has 0 radical (unpaired) electrons. The fourth-order valence-corrected chi connectivity index (χ4v) is 4.19. The lowest BCUT2D eigenvalue weighted by Crippen LogP contribution is -2.30. The molecule has 4 aromatic rings. The minimum atomic E-state index is -0.614. The Morgan fingerprint density at radius 3 is 2.19 bits per heavy atom. The molecular weight excluding hydrogens is 559 g/mol. The number of hydrogen-bond donors (Lipinski definition) is 2. The molecule has 42 heavy (non-hydrogen) atoms. The summed E-state index contributed by atoms with van der Waals surface area (Å²) in [5.74, 6) is -1.19. The number of carbonyl (C=O) groups excluding carboxylic acids is 3. The van der Waals surface area contributed by atoms with E-state index in [0.29, 0.717) is 33.9 Å². The van der Waals surface area contributed by atoms with E-state index >= 15 is 0 Å². The maximum Gasteiger partial charge on any atom is 0.272 e. The van der Waals surface area contributed by atoms with Gasteiger partial charge in [0.15, 0.2) is 17.3 Å². The molecule has 0 bridgehead atoms. The van der Waals surface area contributed by atoms with Gasteiger partial charge in [0.2, 0.25) is 0 Å². The third kappa shape index (κ3) is 7.30. The van der Waals surface area contributed by atoms with Crippen LogP contribution in [-0.4, -0.2) is 31.8 Å². The van der Waals surface area contributed by atoms with E-state index in [1.54, 1.807) is 48.5 Å². The molecule has 0 aliphatic heterocycles. The molecule has 4 rings (SSSR count). The SMILES string of the molecule is COc1cccc(/C=C(\NC(=O)c2ccccc2)C(=O)Nc2ccc(C(=O)/C=C/c3c(F)cccc3Cl)cc2)c1OC. The maximum absolute atomic E-state index is 14.0. The summed E-state index contributed by atoms with van der Waals surface area (Å²) >= 11 is 6.02. The summed E-state index contributed by atoms with van der Waals surface area (Å²) in [4.78, 5) is 39.0. The van der Waals surface area contributed by atoms with Gasteiger partial charge in [0.25, 0.3) is 11.8 Å². The van der Waals surface area contributed by atoms with Gasteiger partial charge in [-0.15, -0.1) is 0 Å². The number of ether oxygens (including phenoxy) is 2. The smallest absolute Gasteiger partial charge is 0.272 e. The van der Waals surface area contributed by atoms with Crippen LogP contribution in [0.2, 0.25) is 5.02 Å². The topological polar surface area (TPSA) is 93.7 Å². The van der Waals surface area contributed by atoms with Crippen LogP contribution in [0.15, 0.2) is 103 Å². The predicted octanol–water partition coefficient (Wildman–Crippen LogP) is 6.80. The van der Waals surface area contributed by atoms with E-state index in [0.717, 1.165) is 0 Å². The number of carbonyl (C=O) groups is 3. The zero-order valence-electron chi connectivity index (χ0n) is 22.7. The first kappa shape index (κ1) is 29.8. The van der Waals surface area contributed by atoms with E-state index in [1.807, 2.05) is 0 Å². The van der Waals surface area contributed by atoms with Crippen LogP contribution in [0.4, 0.5) is 10.1 Å². The van der Waals surface area contributed by atoms with Crippen LogP contribution in [0.3, 0.4) is 0 Å². The minimum absolute atomic E-state index is 0.0553. The van der Waals surface area contributed by atoms with Crippen molar-refractivity contribution < 1.29 is 28.2 Å². The first-order valence-corrected chi connectivity index (χ1v) is 13.1. The van der Waals surface area contributed by atoms with Crippen LogP contribution in [0.5, 0.6) is 11.5 Å². The molecule has 9 heteroatoms. The van der Waals surface area contributed by atoms with Crippen molar-refractivity contribution in [2.75, 3.05) is 19.5 Å². The molecular formula is C33H26ClFN2O5. The standard InChI is InChI=1S/C33H26ClFN2O5/c1-41-30-13-6-10-23(31(30)42-2)20-28(37-32(39)22-8-4-3-5-9-22)33(40)36-24-16-14-21(15-17-24)29(38)19-18-25-26(34)11-7-12-27(25)35/h3-20H,1-2H3,(H,36,40)(H,37,39)/b19-18+,28-20-. The average Bonchev–Trinajstić information content (AvgIpc) is 3.00. The Bertz CT molecular complexity index is 1650. The van der Waals surface area contributed by atoms with Crippen LogP contribution in [0.25, 0.3) is 12.2 Å². The van der Waals surface area contributed by atoms with Gasteiger partial charge >= 0.3 is 0 Å². The number of allylic oxidation sites excluding steroid dienone is 1. The summed E-state index contributed by atoms with van der Waals surface area (Å²) in [6, 6.07) is 24.0. The summed E-state index contributed by atoms with van der Waals surface area (Å²) in [5.41, 5.74) is 1.60. The quantitative estimate of drug-likeness (QED) is 0.158. The van der Waals surface area contributed by atoms with Crippen molar-refractivity contribution in [3.63, 3.8) is 0 Å². The predicted molar refractivity (Wildman–Crippen MR) is 161 cm³/mol. The van der Waals surface area contributed by atoms with Gasteiger partial charge < -0.3 is 20.1 Å². The van der Waals surface area contributed by atoms with Crippen molar-refractivity contribution in [3.05, 3.63) is 136 Å². The third-order valence-electron chi connectivity index (χ3n) is 6.09. The molecule has 4 aromatic carbocycles. The molecule has 0 spiro atoms. The second-order valence-corrected chi connectivity index (χ2v) is 9.23. The van der Waals surface area contributed by atoms with E-state index in [2.05, 4.69) is 10.6 Å². The summed E-state index contributed by atoms with van der Waals surface area (Å²) in [5, 5.41) is 5.59. The lowest BCUT2D eigenvalue weighted by molar-refractivity contribution is -0.113. The monoisotopic (exact) mass is 584 g/mol. The largest absolute Gasteiger partial charge is 0.493 e. The van der Waals surface area contributed by atoms with E-state index < -0.39 is 17.6 Å². The molecule has 0 aliphatic carbocycles. The second-order valence-electron chi connectivity index (χ2n) is 8.83. The number of hydrogen-bond acceptors (Lipinski definition) is 5. The third-order valence-corrected chi connectivity index (χ3v) is 6.42. The van der Waals surface area contributed by atoms with Gasteiger partial charge in [-0.05, 0) is 72.8 Å². The molecule has 0 atom stereocenters. The molecule has 0 saturated carbocycles. The highest BCUT2D eigenvalue weighted by atomic mass is 35.5. The molecule has 212 valence electrons. The molecule has 7 nitrogen and oxygen atoms in total. The van der Waals surface area contributed by atoms with Gasteiger partial charge in [0.1, 0.15) is 11.5 Å². The summed E-state index contributed by atoms with van der Waals surface area (Å²) in [6.07, 6.45) is 4.02. The Balaban J connectivity index is 1.56. The van der Waals surface area contributed by atoms with Gasteiger partial charge in [-0.1, -0.05) is 48.0 Å². The number of methoxy groups -OCH3 is 2.